The van der Waals surface area contributed by atoms with E-state index in [0.29, 0.717) is 18.0 Å². The van der Waals surface area contributed by atoms with Crippen molar-refractivity contribution in [2.75, 3.05) is 6.54 Å². The van der Waals surface area contributed by atoms with Gasteiger partial charge in [-0.1, -0.05) is 12.1 Å². The van der Waals surface area contributed by atoms with Crippen LogP contribution in [0.15, 0.2) is 48.9 Å². The summed E-state index contributed by atoms with van der Waals surface area (Å²) in [5.41, 5.74) is 1.23. The fourth-order valence-corrected chi connectivity index (χ4v) is 2.59. The first kappa shape index (κ1) is 15.1. The molecule has 0 aliphatic carbocycles. The first-order valence-corrected chi connectivity index (χ1v) is 7.46. The molecule has 0 aliphatic rings. The lowest BCUT2D eigenvalue weighted by atomic mass is 10.1. The minimum absolute atomic E-state index is 0.171. The van der Waals surface area contributed by atoms with Crippen molar-refractivity contribution in [3.63, 3.8) is 0 Å². The number of rotatable bonds is 4. The predicted molar refractivity (Wildman–Crippen MR) is 84.5 cm³/mol. The number of benzene rings is 1. The van der Waals surface area contributed by atoms with Crippen molar-refractivity contribution >= 4 is 11.7 Å². The van der Waals surface area contributed by atoms with E-state index in [1.807, 2.05) is 13.8 Å². The van der Waals surface area contributed by atoms with Crippen LogP contribution in [-0.4, -0.2) is 31.7 Å². The third kappa shape index (κ3) is 2.92. The van der Waals surface area contributed by atoms with E-state index in [4.69, 9.17) is 0 Å². The van der Waals surface area contributed by atoms with Gasteiger partial charge in [-0.3, -0.25) is 9.20 Å². The van der Waals surface area contributed by atoms with E-state index in [2.05, 4.69) is 9.97 Å². The smallest absolute Gasteiger partial charge is 0.274 e. The minimum atomic E-state index is -0.290. The van der Waals surface area contributed by atoms with Crippen LogP contribution in [0, 0.1) is 5.82 Å². The second kappa shape index (κ2) is 6.16. The first-order valence-electron chi connectivity index (χ1n) is 7.46. The fraction of sp³-hybridized carbons (Fsp3) is 0.235. The highest BCUT2D eigenvalue weighted by molar-refractivity contribution is 5.93. The molecule has 0 spiro atoms. The van der Waals surface area contributed by atoms with Gasteiger partial charge >= 0.3 is 0 Å². The number of fused-ring (bicyclic) bond motifs is 1. The zero-order valence-electron chi connectivity index (χ0n) is 13.0. The van der Waals surface area contributed by atoms with Crippen LogP contribution in [0.5, 0.6) is 0 Å². The Morgan fingerprint density at radius 1 is 1.35 bits per heavy atom. The molecule has 1 amide bonds. The van der Waals surface area contributed by atoms with E-state index in [1.165, 1.54) is 12.1 Å². The molecule has 0 fully saturated rings. The van der Waals surface area contributed by atoms with Crippen LogP contribution < -0.4 is 0 Å². The number of carbonyl (C=O) groups is 1. The number of aromatic nitrogens is 3. The average Bonchev–Trinajstić information content (AvgIpc) is 3.00. The Kier molecular flexibility index (Phi) is 4.06. The van der Waals surface area contributed by atoms with E-state index < -0.39 is 0 Å². The maximum Gasteiger partial charge on any atom is 0.274 e. The number of hydrogen-bond acceptors (Lipinski definition) is 3. The summed E-state index contributed by atoms with van der Waals surface area (Å²) in [6, 6.07) is 7.80. The van der Waals surface area contributed by atoms with E-state index >= 15 is 0 Å². The molecule has 3 rings (SSSR count). The lowest BCUT2D eigenvalue weighted by Crippen LogP contribution is -2.33. The molecule has 6 heteroatoms. The molecule has 3 aromatic rings. The van der Waals surface area contributed by atoms with Crippen molar-refractivity contribution in [3.8, 4) is 0 Å². The summed E-state index contributed by atoms with van der Waals surface area (Å²) in [5, 5.41) is 0. The topological polar surface area (TPSA) is 50.5 Å². The van der Waals surface area contributed by atoms with Crippen LogP contribution in [0.4, 0.5) is 4.39 Å². The maximum atomic E-state index is 13.1. The monoisotopic (exact) mass is 312 g/mol. The lowest BCUT2D eigenvalue weighted by molar-refractivity contribution is 0.0697. The number of amides is 1. The molecule has 23 heavy (non-hydrogen) atoms. The van der Waals surface area contributed by atoms with Crippen molar-refractivity contribution in [2.24, 2.45) is 0 Å². The Balaban J connectivity index is 1.89. The third-order valence-electron chi connectivity index (χ3n) is 3.88. The molecule has 0 radical (unpaired) electrons. The lowest BCUT2D eigenvalue weighted by Gasteiger charge is -2.27. The third-order valence-corrected chi connectivity index (χ3v) is 3.88. The standard InChI is InChI=1S/C17H17FN4O/c1-3-22(12(2)13-5-7-14(18)8-6-13)16(23)15-11-21-10-4-9-19-17(21)20-15/h4-12H,3H2,1-2H3/t12-/m0/s1. The summed E-state index contributed by atoms with van der Waals surface area (Å²) in [4.78, 5) is 22.9. The van der Waals surface area contributed by atoms with Gasteiger partial charge < -0.3 is 4.90 Å². The molecular formula is C17H17FN4O. The summed E-state index contributed by atoms with van der Waals surface area (Å²) >= 11 is 0. The number of nitrogens with zero attached hydrogens (tertiary/aromatic N) is 4. The Morgan fingerprint density at radius 3 is 2.74 bits per heavy atom. The van der Waals surface area contributed by atoms with Crippen molar-refractivity contribution in [2.45, 2.75) is 19.9 Å². The highest BCUT2D eigenvalue weighted by Crippen LogP contribution is 2.22. The normalized spacial score (nSPS) is 12.3. The zero-order valence-corrected chi connectivity index (χ0v) is 13.0. The SMILES string of the molecule is CCN(C(=O)c1cn2cccnc2n1)[C@@H](C)c1ccc(F)cc1. The Bertz CT molecular complexity index is 795. The van der Waals surface area contributed by atoms with Crippen LogP contribution in [0.3, 0.4) is 0 Å². The molecule has 0 bridgehead atoms. The fourth-order valence-electron chi connectivity index (χ4n) is 2.59. The first-order chi connectivity index (χ1) is 11.1. The van der Waals surface area contributed by atoms with E-state index in [1.54, 1.807) is 46.1 Å². The molecular weight excluding hydrogens is 295 g/mol. The van der Waals surface area contributed by atoms with Crippen molar-refractivity contribution < 1.29 is 9.18 Å². The number of halogens is 1. The van der Waals surface area contributed by atoms with Crippen molar-refractivity contribution in [1.29, 1.82) is 0 Å². The zero-order chi connectivity index (χ0) is 16.4. The van der Waals surface area contributed by atoms with Crippen LogP contribution in [0.25, 0.3) is 5.78 Å². The molecule has 2 heterocycles. The second-order valence-electron chi connectivity index (χ2n) is 5.27. The number of carbonyl (C=O) groups excluding carboxylic acids is 1. The summed E-state index contributed by atoms with van der Waals surface area (Å²) in [6.45, 7) is 4.35. The van der Waals surface area contributed by atoms with Gasteiger partial charge in [-0.05, 0) is 37.6 Å². The molecule has 0 N–H and O–H groups in total. The number of hydrogen-bond donors (Lipinski definition) is 0. The Labute approximate surface area is 133 Å². The van der Waals surface area contributed by atoms with Crippen LogP contribution in [0.2, 0.25) is 0 Å². The maximum absolute atomic E-state index is 13.1. The summed E-state index contributed by atoms with van der Waals surface area (Å²) in [6.07, 6.45) is 5.10. The van der Waals surface area contributed by atoms with Gasteiger partial charge in [0.05, 0.1) is 6.04 Å². The van der Waals surface area contributed by atoms with Gasteiger partial charge in [0.25, 0.3) is 5.91 Å². The van der Waals surface area contributed by atoms with E-state index in [-0.39, 0.29) is 17.8 Å². The molecule has 0 unspecified atom stereocenters. The quantitative estimate of drug-likeness (QED) is 0.744. The van der Waals surface area contributed by atoms with Crippen molar-refractivity contribution in [3.05, 3.63) is 66.0 Å². The minimum Gasteiger partial charge on any atom is -0.331 e. The van der Waals surface area contributed by atoms with Crippen LogP contribution in [-0.2, 0) is 0 Å². The Hall–Kier alpha value is -2.76. The van der Waals surface area contributed by atoms with E-state index in [0.717, 1.165) is 5.56 Å². The van der Waals surface area contributed by atoms with Gasteiger partial charge in [-0.25, -0.2) is 14.4 Å². The van der Waals surface area contributed by atoms with Crippen LogP contribution >= 0.6 is 0 Å². The van der Waals surface area contributed by atoms with Gasteiger partial charge in [0.2, 0.25) is 5.78 Å². The molecule has 1 aromatic carbocycles. The highest BCUT2D eigenvalue weighted by atomic mass is 19.1. The summed E-state index contributed by atoms with van der Waals surface area (Å²) in [5.74, 6) is 0.0258. The summed E-state index contributed by atoms with van der Waals surface area (Å²) in [7, 11) is 0. The largest absolute Gasteiger partial charge is 0.331 e. The summed E-state index contributed by atoms with van der Waals surface area (Å²) < 4.78 is 14.8. The van der Waals surface area contributed by atoms with Gasteiger partial charge in [0.15, 0.2) is 0 Å². The predicted octanol–water partition coefficient (Wildman–Crippen LogP) is 3.09. The molecule has 5 nitrogen and oxygen atoms in total. The molecule has 118 valence electrons. The van der Waals surface area contributed by atoms with Gasteiger partial charge in [0, 0.05) is 25.1 Å². The number of imidazole rings is 1. The average molecular weight is 312 g/mol. The Morgan fingerprint density at radius 2 is 2.09 bits per heavy atom. The van der Waals surface area contributed by atoms with Crippen LogP contribution in [0.1, 0.15) is 35.9 Å². The molecule has 0 saturated heterocycles. The van der Waals surface area contributed by atoms with Gasteiger partial charge in [-0.2, -0.15) is 0 Å². The van der Waals surface area contributed by atoms with E-state index in [9.17, 15) is 9.18 Å². The van der Waals surface area contributed by atoms with Gasteiger partial charge in [-0.15, -0.1) is 0 Å². The highest BCUT2D eigenvalue weighted by Gasteiger charge is 2.23. The molecule has 2 aromatic heterocycles. The second-order valence-corrected chi connectivity index (χ2v) is 5.27. The molecule has 1 atom stereocenters. The van der Waals surface area contributed by atoms with Gasteiger partial charge in [0.1, 0.15) is 11.5 Å². The molecule has 0 saturated carbocycles. The molecule has 0 aliphatic heterocycles. The van der Waals surface area contributed by atoms with Crippen molar-refractivity contribution in [1.82, 2.24) is 19.3 Å².